The minimum Gasteiger partial charge on any atom is -0.496 e. The highest BCUT2D eigenvalue weighted by atomic mass is 16.6. The highest BCUT2D eigenvalue weighted by Gasteiger charge is 2.25. The summed E-state index contributed by atoms with van der Waals surface area (Å²) in [7, 11) is 2.86. The van der Waals surface area contributed by atoms with E-state index in [2.05, 4.69) is 0 Å². The van der Waals surface area contributed by atoms with E-state index in [4.69, 9.17) is 14.2 Å². The predicted octanol–water partition coefficient (Wildman–Crippen LogP) is 2.12. The van der Waals surface area contributed by atoms with Crippen molar-refractivity contribution < 1.29 is 28.7 Å². The quantitative estimate of drug-likeness (QED) is 0.374. The van der Waals surface area contributed by atoms with Crippen LogP contribution >= 0.6 is 0 Å². The van der Waals surface area contributed by atoms with Gasteiger partial charge < -0.3 is 24.0 Å². The Balaban J connectivity index is 1.54. The fraction of sp³-hybridized carbons (Fsp3) is 0.333. The summed E-state index contributed by atoms with van der Waals surface area (Å²) < 4.78 is 15.6. The molecule has 0 aliphatic carbocycles. The molecule has 2 aromatic rings. The minimum atomic E-state index is -0.702. The molecule has 10 nitrogen and oxygen atoms in total. The number of benzene rings is 2. The van der Waals surface area contributed by atoms with Crippen molar-refractivity contribution in [1.82, 2.24) is 4.90 Å². The molecule has 1 aliphatic heterocycles. The summed E-state index contributed by atoms with van der Waals surface area (Å²) in [5.74, 6) is -0.403. The zero-order valence-electron chi connectivity index (χ0n) is 17.3. The van der Waals surface area contributed by atoms with Crippen molar-refractivity contribution in [3.05, 3.63) is 58.1 Å². The zero-order valence-corrected chi connectivity index (χ0v) is 17.3. The number of anilines is 1. The van der Waals surface area contributed by atoms with Crippen LogP contribution in [0.25, 0.3) is 0 Å². The fourth-order valence-electron chi connectivity index (χ4n) is 3.34. The van der Waals surface area contributed by atoms with Crippen molar-refractivity contribution >= 4 is 23.3 Å². The molecule has 1 fully saturated rings. The maximum atomic E-state index is 12.5. The first-order valence-electron chi connectivity index (χ1n) is 9.60. The van der Waals surface area contributed by atoms with Crippen molar-refractivity contribution in [3.8, 4) is 11.5 Å². The van der Waals surface area contributed by atoms with Gasteiger partial charge in [-0.3, -0.25) is 14.9 Å². The molecule has 31 heavy (non-hydrogen) atoms. The molecule has 3 rings (SSSR count). The van der Waals surface area contributed by atoms with E-state index in [1.807, 2.05) is 4.90 Å². The largest absolute Gasteiger partial charge is 0.496 e. The number of non-ortho nitro benzene ring substituents is 1. The molecule has 1 amide bonds. The van der Waals surface area contributed by atoms with E-state index in [-0.39, 0.29) is 17.2 Å². The maximum Gasteiger partial charge on any atom is 0.346 e. The topological polar surface area (TPSA) is 111 Å². The Hall–Kier alpha value is -3.82. The predicted molar refractivity (Wildman–Crippen MR) is 112 cm³/mol. The molecule has 1 aliphatic rings. The smallest absolute Gasteiger partial charge is 0.346 e. The summed E-state index contributed by atoms with van der Waals surface area (Å²) >= 11 is 0. The Kier molecular flexibility index (Phi) is 6.91. The number of piperazine rings is 1. The monoisotopic (exact) mass is 429 g/mol. The molecule has 164 valence electrons. The third kappa shape index (κ3) is 5.03. The first-order chi connectivity index (χ1) is 14.9. The highest BCUT2D eigenvalue weighted by Crippen LogP contribution is 2.29. The van der Waals surface area contributed by atoms with Gasteiger partial charge in [0.1, 0.15) is 17.1 Å². The van der Waals surface area contributed by atoms with Crippen LogP contribution in [0.5, 0.6) is 11.5 Å². The Morgan fingerprint density at radius 1 is 0.968 bits per heavy atom. The molecular weight excluding hydrogens is 406 g/mol. The molecular formula is C21H23N3O7. The number of nitrogens with zero attached hydrogens (tertiary/aromatic N) is 3. The van der Waals surface area contributed by atoms with E-state index in [1.54, 1.807) is 35.2 Å². The van der Waals surface area contributed by atoms with Crippen molar-refractivity contribution in [2.45, 2.75) is 0 Å². The average molecular weight is 429 g/mol. The van der Waals surface area contributed by atoms with Gasteiger partial charge in [0, 0.05) is 44.0 Å². The summed E-state index contributed by atoms with van der Waals surface area (Å²) in [6.45, 7) is 1.64. The van der Waals surface area contributed by atoms with Gasteiger partial charge >= 0.3 is 5.97 Å². The number of methoxy groups -OCH3 is 2. The minimum absolute atomic E-state index is 0.0334. The number of ether oxygens (including phenoxy) is 3. The number of nitro benzene ring substituents is 1. The van der Waals surface area contributed by atoms with Gasteiger partial charge in [-0.25, -0.2) is 4.79 Å². The Morgan fingerprint density at radius 2 is 1.55 bits per heavy atom. The molecule has 0 bridgehead atoms. The van der Waals surface area contributed by atoms with E-state index in [9.17, 15) is 19.7 Å². The first-order valence-corrected chi connectivity index (χ1v) is 9.60. The molecule has 0 spiro atoms. The van der Waals surface area contributed by atoms with Crippen LogP contribution in [-0.4, -0.2) is 68.7 Å². The van der Waals surface area contributed by atoms with Crippen molar-refractivity contribution in [2.24, 2.45) is 0 Å². The van der Waals surface area contributed by atoms with Crippen LogP contribution in [0.2, 0.25) is 0 Å². The van der Waals surface area contributed by atoms with Crippen LogP contribution < -0.4 is 14.4 Å². The number of amides is 1. The van der Waals surface area contributed by atoms with Crippen molar-refractivity contribution in [3.63, 3.8) is 0 Å². The van der Waals surface area contributed by atoms with E-state index >= 15 is 0 Å². The Morgan fingerprint density at radius 3 is 2.06 bits per heavy atom. The van der Waals surface area contributed by atoms with Gasteiger partial charge in [-0.05, 0) is 24.3 Å². The van der Waals surface area contributed by atoms with Gasteiger partial charge in [0.25, 0.3) is 11.6 Å². The van der Waals surface area contributed by atoms with Crippen LogP contribution in [0.15, 0.2) is 42.5 Å². The fourth-order valence-corrected chi connectivity index (χ4v) is 3.34. The summed E-state index contributed by atoms with van der Waals surface area (Å²) in [5.41, 5.74) is 1.02. The third-order valence-corrected chi connectivity index (χ3v) is 5.02. The van der Waals surface area contributed by atoms with Crippen LogP contribution in [0.3, 0.4) is 0 Å². The number of carbonyl (C=O) groups is 2. The number of hydrogen-bond acceptors (Lipinski definition) is 8. The van der Waals surface area contributed by atoms with Gasteiger partial charge in [0.2, 0.25) is 0 Å². The van der Waals surface area contributed by atoms with Crippen LogP contribution in [0, 0.1) is 10.1 Å². The molecule has 1 heterocycles. The van der Waals surface area contributed by atoms with E-state index in [0.29, 0.717) is 37.7 Å². The van der Waals surface area contributed by atoms with E-state index in [1.165, 1.54) is 26.4 Å². The number of hydrogen-bond donors (Lipinski definition) is 0. The van der Waals surface area contributed by atoms with Gasteiger partial charge in [-0.1, -0.05) is 6.07 Å². The molecule has 0 radical (unpaired) electrons. The third-order valence-electron chi connectivity index (χ3n) is 5.02. The lowest BCUT2D eigenvalue weighted by Gasteiger charge is -2.36. The number of nitro groups is 1. The zero-order chi connectivity index (χ0) is 22.4. The second kappa shape index (κ2) is 9.79. The number of rotatable bonds is 7. The van der Waals surface area contributed by atoms with E-state index < -0.39 is 17.5 Å². The molecule has 0 atom stereocenters. The Bertz CT molecular complexity index is 932. The molecule has 1 saturated heterocycles. The molecule has 0 saturated carbocycles. The number of esters is 1. The van der Waals surface area contributed by atoms with Crippen molar-refractivity contribution in [1.29, 1.82) is 0 Å². The summed E-state index contributed by atoms with van der Waals surface area (Å²) in [5, 5.41) is 10.8. The molecule has 0 unspecified atom stereocenters. The number of carbonyl (C=O) groups excluding carboxylic acids is 2. The van der Waals surface area contributed by atoms with Gasteiger partial charge in [0.15, 0.2) is 6.61 Å². The standard InChI is InChI=1S/C21H23N3O7/c1-29-17-4-3-5-18(30-2)20(17)21(26)31-14-19(25)23-12-10-22(11-13-23)15-6-8-16(9-7-15)24(27)28/h3-9H,10-14H2,1-2H3. The van der Waals surface area contributed by atoms with Gasteiger partial charge in [-0.2, -0.15) is 0 Å². The van der Waals surface area contributed by atoms with Crippen LogP contribution in [0.4, 0.5) is 11.4 Å². The SMILES string of the molecule is COc1cccc(OC)c1C(=O)OCC(=O)N1CCN(c2ccc([N+](=O)[O-])cc2)CC1. The average Bonchev–Trinajstić information content (AvgIpc) is 2.81. The lowest BCUT2D eigenvalue weighted by atomic mass is 10.2. The Labute approximate surface area is 179 Å². The second-order valence-electron chi connectivity index (χ2n) is 6.76. The van der Waals surface area contributed by atoms with Crippen LogP contribution in [0.1, 0.15) is 10.4 Å². The lowest BCUT2D eigenvalue weighted by molar-refractivity contribution is -0.384. The normalized spacial score (nSPS) is 13.5. The van der Waals surface area contributed by atoms with Gasteiger partial charge in [-0.15, -0.1) is 0 Å². The van der Waals surface area contributed by atoms with Crippen LogP contribution in [-0.2, 0) is 9.53 Å². The second-order valence-corrected chi connectivity index (χ2v) is 6.76. The molecule has 2 aromatic carbocycles. The van der Waals surface area contributed by atoms with Crippen molar-refractivity contribution in [2.75, 3.05) is 51.9 Å². The highest BCUT2D eigenvalue weighted by molar-refractivity contribution is 5.96. The first kappa shape index (κ1) is 21.9. The summed E-state index contributed by atoms with van der Waals surface area (Å²) in [4.78, 5) is 39.0. The molecule has 0 N–H and O–H groups in total. The molecule has 0 aromatic heterocycles. The van der Waals surface area contributed by atoms with E-state index in [0.717, 1.165) is 5.69 Å². The van der Waals surface area contributed by atoms with Gasteiger partial charge in [0.05, 0.1) is 19.1 Å². The molecule has 10 heteroatoms. The maximum absolute atomic E-state index is 12.5. The summed E-state index contributed by atoms with van der Waals surface area (Å²) in [6.07, 6.45) is 0. The summed E-state index contributed by atoms with van der Waals surface area (Å²) in [6, 6.07) is 11.2. The lowest BCUT2D eigenvalue weighted by Crippen LogP contribution is -2.49.